The van der Waals surface area contributed by atoms with E-state index in [1.54, 1.807) is 21.6 Å². The number of hydrogen-bond acceptors (Lipinski definition) is 4. The molecule has 0 radical (unpaired) electrons. The molecule has 3 aromatic carbocycles. The summed E-state index contributed by atoms with van der Waals surface area (Å²) in [5.74, 6) is -0.250. The Morgan fingerprint density at radius 3 is 2.68 bits per heavy atom. The van der Waals surface area contributed by atoms with Gasteiger partial charge in [0.1, 0.15) is 5.82 Å². The highest BCUT2D eigenvalue weighted by molar-refractivity contribution is 7.99. The number of para-hydroxylation sites is 1. The van der Waals surface area contributed by atoms with E-state index in [0.717, 1.165) is 29.7 Å². The van der Waals surface area contributed by atoms with Gasteiger partial charge in [0, 0.05) is 11.7 Å². The van der Waals surface area contributed by atoms with Crippen molar-refractivity contribution in [2.24, 2.45) is 0 Å². The van der Waals surface area contributed by atoms with E-state index in [0.29, 0.717) is 22.6 Å². The molecule has 1 aromatic heterocycles. The van der Waals surface area contributed by atoms with Crippen molar-refractivity contribution < 1.29 is 9.18 Å². The third-order valence-corrected chi connectivity index (χ3v) is 7.14. The second-order valence-corrected chi connectivity index (χ2v) is 9.44. The lowest BCUT2D eigenvalue weighted by molar-refractivity contribution is -0.116. The van der Waals surface area contributed by atoms with Crippen molar-refractivity contribution >= 4 is 34.3 Å². The van der Waals surface area contributed by atoms with Crippen molar-refractivity contribution in [3.63, 3.8) is 0 Å². The molecule has 0 fully saturated rings. The summed E-state index contributed by atoms with van der Waals surface area (Å²) in [6.07, 6.45) is 1.52. The van der Waals surface area contributed by atoms with E-state index >= 15 is 0 Å². The molecule has 1 aliphatic heterocycles. The van der Waals surface area contributed by atoms with Crippen LogP contribution in [0.3, 0.4) is 0 Å². The number of rotatable bonds is 5. The molecule has 172 valence electrons. The molecule has 4 aromatic rings. The highest BCUT2D eigenvalue weighted by Gasteiger charge is 2.28. The topological polar surface area (TPSA) is 55.2 Å². The van der Waals surface area contributed by atoms with Crippen LogP contribution in [-0.2, 0) is 17.8 Å². The molecule has 1 atom stereocenters. The molecule has 7 heteroatoms. The number of thioether (sulfide) groups is 1. The lowest BCUT2D eigenvalue weighted by Crippen LogP contribution is -2.43. The van der Waals surface area contributed by atoms with E-state index in [1.807, 2.05) is 55.5 Å². The fraction of sp³-hybridized carbons (Fsp3) is 0.222. The normalized spacial score (nSPS) is 15.4. The van der Waals surface area contributed by atoms with Gasteiger partial charge in [0.05, 0.1) is 23.2 Å². The molecule has 2 heterocycles. The third-order valence-electron chi connectivity index (χ3n) is 6.18. The van der Waals surface area contributed by atoms with Crippen LogP contribution in [0, 0.1) is 5.82 Å². The summed E-state index contributed by atoms with van der Waals surface area (Å²) in [4.78, 5) is 33.2. The van der Waals surface area contributed by atoms with Gasteiger partial charge in [0.15, 0.2) is 5.16 Å². The second kappa shape index (κ2) is 9.43. The predicted octanol–water partition coefficient (Wildman–Crippen LogP) is 5.04. The maximum atomic E-state index is 13.7. The predicted molar refractivity (Wildman–Crippen MR) is 134 cm³/mol. The van der Waals surface area contributed by atoms with Gasteiger partial charge >= 0.3 is 0 Å². The zero-order chi connectivity index (χ0) is 23.7. The molecule has 0 saturated carbocycles. The average Bonchev–Trinajstić information content (AvgIpc) is 2.85. The van der Waals surface area contributed by atoms with Crippen LogP contribution in [0.4, 0.5) is 10.1 Å². The standard InChI is InChI=1S/C27H24FN3O2S/c1-18-11-12-20-15-21(28)13-14-24(20)31(18)25(32)17-34-27-29-23-10-6-5-9-22(23)26(33)30(27)16-19-7-3-2-4-8-19/h2-10,13-15,18H,11-12,16-17H2,1H3/t18-/m0/s1. The number of anilines is 1. The van der Waals surface area contributed by atoms with Crippen LogP contribution in [0.5, 0.6) is 0 Å². The van der Waals surface area contributed by atoms with Crippen molar-refractivity contribution in [3.05, 3.63) is 100 Å². The molecule has 1 amide bonds. The van der Waals surface area contributed by atoms with Gasteiger partial charge in [0.25, 0.3) is 5.56 Å². The summed E-state index contributed by atoms with van der Waals surface area (Å²) in [5.41, 5.74) is 3.08. The van der Waals surface area contributed by atoms with E-state index in [2.05, 4.69) is 0 Å². The Bertz CT molecular complexity index is 1420. The van der Waals surface area contributed by atoms with Gasteiger partial charge < -0.3 is 4.90 Å². The first kappa shape index (κ1) is 22.3. The Labute approximate surface area is 201 Å². The summed E-state index contributed by atoms with van der Waals surface area (Å²) in [6, 6.07) is 21.6. The highest BCUT2D eigenvalue weighted by Crippen LogP contribution is 2.32. The van der Waals surface area contributed by atoms with E-state index < -0.39 is 0 Å². The molecule has 0 N–H and O–H groups in total. The van der Waals surface area contributed by atoms with Crippen LogP contribution in [0.1, 0.15) is 24.5 Å². The zero-order valence-corrected chi connectivity index (χ0v) is 19.6. The lowest BCUT2D eigenvalue weighted by atomic mass is 9.96. The fourth-order valence-corrected chi connectivity index (χ4v) is 5.32. The zero-order valence-electron chi connectivity index (χ0n) is 18.8. The first-order chi connectivity index (χ1) is 16.5. The van der Waals surface area contributed by atoms with Crippen LogP contribution in [0.25, 0.3) is 10.9 Å². The molecule has 0 bridgehead atoms. The Morgan fingerprint density at radius 1 is 1.09 bits per heavy atom. The molecule has 5 nitrogen and oxygen atoms in total. The van der Waals surface area contributed by atoms with E-state index in [4.69, 9.17) is 4.98 Å². The van der Waals surface area contributed by atoms with Crippen molar-refractivity contribution in [2.75, 3.05) is 10.7 Å². The molecule has 0 aliphatic carbocycles. The van der Waals surface area contributed by atoms with Crippen molar-refractivity contribution in [2.45, 2.75) is 37.5 Å². The number of halogens is 1. The van der Waals surface area contributed by atoms with E-state index in [-0.39, 0.29) is 29.1 Å². The number of fused-ring (bicyclic) bond motifs is 2. The average molecular weight is 474 g/mol. The number of carbonyl (C=O) groups is 1. The number of carbonyl (C=O) groups excluding carboxylic acids is 1. The quantitative estimate of drug-likeness (QED) is 0.301. The van der Waals surface area contributed by atoms with E-state index in [1.165, 1.54) is 23.9 Å². The molecule has 34 heavy (non-hydrogen) atoms. The number of aryl methyl sites for hydroxylation is 1. The monoisotopic (exact) mass is 473 g/mol. The highest BCUT2D eigenvalue weighted by atomic mass is 32.2. The van der Waals surface area contributed by atoms with E-state index in [9.17, 15) is 14.0 Å². The molecule has 0 unspecified atom stereocenters. The Kier molecular flexibility index (Phi) is 6.20. The molecule has 0 spiro atoms. The summed E-state index contributed by atoms with van der Waals surface area (Å²) in [7, 11) is 0. The molecule has 5 rings (SSSR count). The van der Waals surface area contributed by atoms with Gasteiger partial charge in [-0.15, -0.1) is 0 Å². The van der Waals surface area contributed by atoms with Crippen LogP contribution in [0.2, 0.25) is 0 Å². The van der Waals surface area contributed by atoms with Gasteiger partial charge in [-0.3, -0.25) is 14.2 Å². The van der Waals surface area contributed by atoms with Gasteiger partial charge in [0.2, 0.25) is 5.91 Å². The first-order valence-corrected chi connectivity index (χ1v) is 12.3. The third kappa shape index (κ3) is 4.35. The molecule has 0 saturated heterocycles. The first-order valence-electron chi connectivity index (χ1n) is 11.3. The largest absolute Gasteiger partial charge is 0.309 e. The summed E-state index contributed by atoms with van der Waals surface area (Å²) >= 11 is 1.26. The van der Waals surface area contributed by atoms with Crippen LogP contribution in [0.15, 0.2) is 82.7 Å². The Hall–Kier alpha value is -3.45. The number of nitrogens with zero attached hydrogens (tertiary/aromatic N) is 3. The van der Waals surface area contributed by atoms with Crippen molar-refractivity contribution in [3.8, 4) is 0 Å². The van der Waals surface area contributed by atoms with Crippen molar-refractivity contribution in [1.29, 1.82) is 0 Å². The minimum absolute atomic E-state index is 0.0159. The smallest absolute Gasteiger partial charge is 0.262 e. The minimum atomic E-state index is -0.291. The lowest BCUT2D eigenvalue weighted by Gasteiger charge is -2.35. The maximum Gasteiger partial charge on any atom is 0.262 e. The fourth-order valence-electron chi connectivity index (χ4n) is 4.46. The SMILES string of the molecule is C[C@H]1CCc2cc(F)ccc2N1C(=O)CSc1nc2ccccc2c(=O)n1Cc1ccccc1. The van der Waals surface area contributed by atoms with Crippen LogP contribution >= 0.6 is 11.8 Å². The second-order valence-electron chi connectivity index (χ2n) is 8.50. The Morgan fingerprint density at radius 2 is 1.85 bits per heavy atom. The molecular formula is C27H24FN3O2S. The summed E-state index contributed by atoms with van der Waals surface area (Å²) in [6.45, 7) is 2.38. The van der Waals surface area contributed by atoms with Crippen molar-refractivity contribution in [1.82, 2.24) is 9.55 Å². The molecule has 1 aliphatic rings. The van der Waals surface area contributed by atoms with Crippen LogP contribution < -0.4 is 10.5 Å². The molecular weight excluding hydrogens is 449 g/mol. The number of benzene rings is 3. The van der Waals surface area contributed by atoms with Gasteiger partial charge in [-0.2, -0.15) is 0 Å². The maximum absolute atomic E-state index is 13.7. The minimum Gasteiger partial charge on any atom is -0.309 e. The summed E-state index contributed by atoms with van der Waals surface area (Å²) in [5, 5.41) is 1.06. The van der Waals surface area contributed by atoms with Crippen LogP contribution in [-0.4, -0.2) is 27.3 Å². The number of hydrogen-bond donors (Lipinski definition) is 0. The number of amides is 1. The van der Waals surface area contributed by atoms with Gasteiger partial charge in [-0.25, -0.2) is 9.37 Å². The number of aromatic nitrogens is 2. The van der Waals surface area contributed by atoms with Gasteiger partial charge in [-0.1, -0.05) is 54.2 Å². The Balaban J connectivity index is 1.46. The van der Waals surface area contributed by atoms with Gasteiger partial charge in [-0.05, 0) is 61.2 Å². The summed E-state index contributed by atoms with van der Waals surface area (Å²) < 4.78 is 15.4.